The number of anilines is 1. The third-order valence-electron chi connectivity index (χ3n) is 7.21. The summed E-state index contributed by atoms with van der Waals surface area (Å²) >= 11 is 1.49. The number of piperidine rings is 1. The van der Waals surface area contributed by atoms with Gasteiger partial charge in [0.05, 0.1) is 18.3 Å². The van der Waals surface area contributed by atoms with Gasteiger partial charge in [-0.2, -0.15) is 0 Å². The lowest BCUT2D eigenvalue weighted by molar-refractivity contribution is -0.146. The second-order valence-electron chi connectivity index (χ2n) is 9.90. The van der Waals surface area contributed by atoms with Crippen molar-refractivity contribution in [2.75, 3.05) is 36.9 Å². The Morgan fingerprint density at radius 2 is 1.82 bits per heavy atom. The maximum Gasteiger partial charge on any atom is 0.323 e. The summed E-state index contributed by atoms with van der Waals surface area (Å²) in [4.78, 5) is 42.6. The van der Waals surface area contributed by atoms with Crippen molar-refractivity contribution in [3.05, 3.63) is 60.2 Å². The van der Waals surface area contributed by atoms with E-state index in [9.17, 15) is 19.5 Å². The second-order valence-corrected chi connectivity index (χ2v) is 11.0. The molecular weight excluding hydrogens is 502 g/mol. The van der Waals surface area contributed by atoms with E-state index in [2.05, 4.69) is 34.5 Å². The number of esters is 1. The van der Waals surface area contributed by atoms with Crippen molar-refractivity contribution in [1.82, 2.24) is 10.2 Å². The van der Waals surface area contributed by atoms with Gasteiger partial charge in [0, 0.05) is 17.2 Å². The number of hydrogen-bond acceptors (Lipinski definition) is 7. The third-order valence-corrected chi connectivity index (χ3v) is 8.37. The second kappa shape index (κ2) is 13.8. The fourth-order valence-corrected chi connectivity index (χ4v) is 6.29. The third kappa shape index (κ3) is 7.58. The summed E-state index contributed by atoms with van der Waals surface area (Å²) < 4.78 is 5.35. The zero-order valence-corrected chi connectivity index (χ0v) is 22.7. The minimum atomic E-state index is -1.08. The number of ether oxygens (including phenoxy) is 1. The molecule has 2 aromatic rings. The summed E-state index contributed by atoms with van der Waals surface area (Å²) in [5, 5.41) is 12.7. The first-order valence-corrected chi connectivity index (χ1v) is 14.4. The molecule has 0 aromatic heterocycles. The highest BCUT2D eigenvalue weighted by atomic mass is 32.2. The summed E-state index contributed by atoms with van der Waals surface area (Å²) in [6.07, 6.45) is 3.58. The molecule has 1 unspecified atom stereocenters. The van der Waals surface area contributed by atoms with E-state index in [4.69, 9.17) is 4.74 Å². The molecule has 2 heterocycles. The molecule has 2 aliphatic heterocycles. The molecule has 2 N–H and O–H groups in total. The highest BCUT2D eigenvalue weighted by Gasteiger charge is 2.35. The number of nitrogens with zero attached hydrogens (tertiary/aromatic N) is 2. The van der Waals surface area contributed by atoms with Gasteiger partial charge in [-0.05, 0) is 69.3 Å². The standard InChI is InChI=1S/C29H37N3O5S/c1-2-37-29(36)23(13-12-21-14-16-31(17-15-21)18-22-8-4-3-5-9-22)30-24-20-38-26-11-7-6-10-25(26)32(28(24)35)19-27(33)34/h3-11,21,23-24,30H,2,12-20H2,1H3,(H,33,34)/t23-,24?/m1/s1. The van der Waals surface area contributed by atoms with Crippen LogP contribution in [0.25, 0.3) is 0 Å². The minimum absolute atomic E-state index is 0.263. The van der Waals surface area contributed by atoms with Crippen molar-refractivity contribution < 1.29 is 24.2 Å². The van der Waals surface area contributed by atoms with Gasteiger partial charge >= 0.3 is 11.9 Å². The topological polar surface area (TPSA) is 99.2 Å². The number of nitrogens with one attached hydrogen (secondary N) is 1. The Balaban J connectivity index is 1.37. The molecule has 9 heteroatoms. The van der Waals surface area contributed by atoms with Crippen LogP contribution in [-0.2, 0) is 25.7 Å². The molecule has 0 spiro atoms. The maximum atomic E-state index is 13.5. The monoisotopic (exact) mass is 539 g/mol. The molecule has 2 atom stereocenters. The Labute approximate surface area is 228 Å². The fourth-order valence-electron chi connectivity index (χ4n) is 5.20. The fraction of sp³-hybridized carbons (Fsp3) is 0.483. The highest BCUT2D eigenvalue weighted by molar-refractivity contribution is 7.99. The van der Waals surface area contributed by atoms with Crippen molar-refractivity contribution in [1.29, 1.82) is 0 Å². The van der Waals surface area contributed by atoms with Crippen molar-refractivity contribution in [3.8, 4) is 0 Å². The van der Waals surface area contributed by atoms with Crippen molar-refractivity contribution in [2.45, 2.75) is 56.1 Å². The van der Waals surface area contributed by atoms with Crippen LogP contribution in [0.15, 0.2) is 59.5 Å². The summed E-state index contributed by atoms with van der Waals surface area (Å²) in [5.74, 6) is -0.876. The SMILES string of the molecule is CCOC(=O)[C@@H](CCC1CCN(Cc2ccccc2)CC1)NC1CSc2ccccc2N(CC(=O)O)C1=O. The molecule has 8 nitrogen and oxygen atoms in total. The first kappa shape index (κ1) is 28.1. The first-order chi connectivity index (χ1) is 18.4. The molecule has 0 aliphatic carbocycles. The predicted molar refractivity (Wildman–Crippen MR) is 148 cm³/mol. The Morgan fingerprint density at radius 3 is 2.53 bits per heavy atom. The zero-order chi connectivity index (χ0) is 26.9. The number of likely N-dealkylation sites (tertiary alicyclic amines) is 1. The van der Waals surface area contributed by atoms with E-state index in [0.29, 0.717) is 23.8 Å². The number of thioether (sulfide) groups is 1. The normalized spacial score (nSPS) is 19.4. The number of para-hydroxylation sites is 1. The number of rotatable bonds is 11. The van der Waals surface area contributed by atoms with E-state index in [0.717, 1.165) is 43.8 Å². The lowest BCUT2D eigenvalue weighted by atomic mass is 9.90. The Hall–Kier alpha value is -2.88. The zero-order valence-electron chi connectivity index (χ0n) is 21.9. The lowest BCUT2D eigenvalue weighted by Crippen LogP contribution is -2.54. The van der Waals surface area contributed by atoms with Gasteiger partial charge in [0.25, 0.3) is 0 Å². The maximum absolute atomic E-state index is 13.5. The van der Waals surface area contributed by atoms with Crippen molar-refractivity contribution in [2.24, 2.45) is 5.92 Å². The summed E-state index contributed by atoms with van der Waals surface area (Å²) in [6, 6.07) is 16.5. The van der Waals surface area contributed by atoms with E-state index in [1.165, 1.54) is 22.2 Å². The average Bonchev–Trinajstić information content (AvgIpc) is 3.04. The molecule has 2 aliphatic rings. The lowest BCUT2D eigenvalue weighted by Gasteiger charge is -2.33. The van der Waals surface area contributed by atoms with Crippen LogP contribution in [-0.4, -0.2) is 71.9 Å². The number of fused-ring (bicyclic) bond motifs is 1. The minimum Gasteiger partial charge on any atom is -0.480 e. The number of amides is 1. The van der Waals surface area contributed by atoms with Gasteiger partial charge in [0.2, 0.25) is 5.91 Å². The molecule has 0 bridgehead atoms. The van der Waals surface area contributed by atoms with Crippen LogP contribution < -0.4 is 10.2 Å². The molecule has 2 aromatic carbocycles. The van der Waals surface area contributed by atoms with Crippen LogP contribution in [0.5, 0.6) is 0 Å². The number of aliphatic carboxylic acids is 1. The van der Waals surface area contributed by atoms with Gasteiger partial charge in [0.1, 0.15) is 12.6 Å². The van der Waals surface area contributed by atoms with E-state index in [1.54, 1.807) is 19.1 Å². The van der Waals surface area contributed by atoms with Crippen molar-refractivity contribution >= 4 is 35.3 Å². The molecule has 38 heavy (non-hydrogen) atoms. The Morgan fingerprint density at radius 1 is 1.11 bits per heavy atom. The van der Waals surface area contributed by atoms with Crippen LogP contribution in [0.2, 0.25) is 0 Å². The summed E-state index contributed by atoms with van der Waals surface area (Å²) in [7, 11) is 0. The Bertz CT molecular complexity index is 1090. The number of carboxylic acid groups (broad SMARTS) is 1. The highest BCUT2D eigenvalue weighted by Crippen LogP contribution is 2.34. The van der Waals surface area contributed by atoms with Gasteiger partial charge in [-0.15, -0.1) is 11.8 Å². The van der Waals surface area contributed by atoms with Gasteiger partial charge in [-0.25, -0.2) is 0 Å². The smallest absolute Gasteiger partial charge is 0.323 e. The quantitative estimate of drug-likeness (QED) is 0.416. The number of benzene rings is 2. The van der Waals surface area contributed by atoms with Crippen LogP contribution in [0.4, 0.5) is 5.69 Å². The average molecular weight is 540 g/mol. The van der Waals surface area contributed by atoms with Crippen LogP contribution >= 0.6 is 11.8 Å². The molecule has 0 saturated carbocycles. The van der Waals surface area contributed by atoms with E-state index < -0.39 is 24.6 Å². The van der Waals surface area contributed by atoms with Crippen LogP contribution in [0, 0.1) is 5.92 Å². The first-order valence-electron chi connectivity index (χ1n) is 13.4. The van der Waals surface area contributed by atoms with E-state index in [1.807, 2.05) is 18.2 Å². The van der Waals surface area contributed by atoms with Gasteiger partial charge in [0.15, 0.2) is 0 Å². The Kier molecular flexibility index (Phi) is 10.2. The summed E-state index contributed by atoms with van der Waals surface area (Å²) in [6.45, 7) is 4.61. The summed E-state index contributed by atoms with van der Waals surface area (Å²) in [5.41, 5.74) is 1.91. The number of carboxylic acids is 1. The number of carbonyl (C=O) groups excluding carboxylic acids is 2. The van der Waals surface area contributed by atoms with Gasteiger partial charge in [-0.3, -0.25) is 29.5 Å². The van der Waals surface area contributed by atoms with Gasteiger partial charge < -0.3 is 9.84 Å². The van der Waals surface area contributed by atoms with Crippen molar-refractivity contribution in [3.63, 3.8) is 0 Å². The molecule has 204 valence electrons. The molecule has 1 fully saturated rings. The van der Waals surface area contributed by atoms with E-state index in [-0.39, 0.29) is 18.5 Å². The molecule has 1 saturated heterocycles. The van der Waals surface area contributed by atoms with Gasteiger partial charge in [-0.1, -0.05) is 42.5 Å². The molecule has 1 amide bonds. The van der Waals surface area contributed by atoms with E-state index >= 15 is 0 Å². The largest absolute Gasteiger partial charge is 0.480 e. The molecular formula is C29H37N3O5S. The predicted octanol–water partition coefficient (Wildman–Crippen LogP) is 3.79. The van der Waals surface area contributed by atoms with Crippen LogP contribution in [0.3, 0.4) is 0 Å². The number of carbonyl (C=O) groups is 3. The molecule has 0 radical (unpaired) electrons. The molecule has 4 rings (SSSR count). The van der Waals surface area contributed by atoms with Crippen LogP contribution in [0.1, 0.15) is 38.2 Å². The number of hydrogen-bond donors (Lipinski definition) is 2.